The van der Waals surface area contributed by atoms with E-state index in [-0.39, 0.29) is 0 Å². The molecule has 0 spiro atoms. The average Bonchev–Trinajstić information content (AvgIpc) is 2.16. The van der Waals surface area contributed by atoms with Crippen LogP contribution in [0.2, 0.25) is 0 Å². The second kappa shape index (κ2) is 5.80. The van der Waals surface area contributed by atoms with Gasteiger partial charge in [-0.15, -0.1) is 0 Å². The molecule has 1 heterocycles. The van der Waals surface area contributed by atoms with Crippen LogP contribution in [-0.2, 0) is 0 Å². The van der Waals surface area contributed by atoms with Crippen LogP contribution in [0, 0.1) is 19.8 Å². The van der Waals surface area contributed by atoms with Gasteiger partial charge in [0.1, 0.15) is 0 Å². The largest absolute Gasteiger partial charge is 0.344 e. The molecule has 0 amide bonds. The molecule has 4 nitrogen and oxygen atoms in total. The van der Waals surface area contributed by atoms with Gasteiger partial charge in [0.2, 0.25) is 5.95 Å². The van der Waals surface area contributed by atoms with Crippen molar-refractivity contribution in [2.24, 2.45) is 5.92 Å². The Hall–Kier alpha value is -1.16. The monoisotopic (exact) mass is 222 g/mol. The van der Waals surface area contributed by atoms with Crippen LogP contribution in [0.15, 0.2) is 6.07 Å². The summed E-state index contributed by atoms with van der Waals surface area (Å²) in [5, 5.41) is 3.18. The molecule has 90 valence electrons. The van der Waals surface area contributed by atoms with E-state index >= 15 is 0 Å². The molecule has 1 unspecified atom stereocenters. The van der Waals surface area contributed by atoms with E-state index in [1.165, 1.54) is 0 Å². The van der Waals surface area contributed by atoms with Crippen molar-refractivity contribution in [2.45, 2.75) is 20.8 Å². The van der Waals surface area contributed by atoms with Gasteiger partial charge in [0.25, 0.3) is 0 Å². The number of anilines is 1. The minimum absolute atomic E-state index is 0.583. The van der Waals surface area contributed by atoms with Crippen molar-refractivity contribution in [3.05, 3.63) is 17.5 Å². The zero-order chi connectivity index (χ0) is 12.1. The van der Waals surface area contributed by atoms with Crippen molar-refractivity contribution in [1.82, 2.24) is 15.3 Å². The van der Waals surface area contributed by atoms with Crippen molar-refractivity contribution in [3.63, 3.8) is 0 Å². The summed E-state index contributed by atoms with van der Waals surface area (Å²) in [5.41, 5.74) is 2.05. The Kier molecular flexibility index (Phi) is 4.68. The smallest absolute Gasteiger partial charge is 0.225 e. The third-order valence-corrected chi connectivity index (χ3v) is 2.45. The highest BCUT2D eigenvalue weighted by Gasteiger charge is 2.09. The van der Waals surface area contributed by atoms with Crippen LogP contribution in [0.3, 0.4) is 0 Å². The van der Waals surface area contributed by atoms with Crippen molar-refractivity contribution < 1.29 is 0 Å². The number of nitrogens with one attached hydrogen (secondary N) is 1. The Balaban J connectivity index is 2.68. The first-order valence-electron chi connectivity index (χ1n) is 5.71. The van der Waals surface area contributed by atoms with Gasteiger partial charge in [0, 0.05) is 25.0 Å². The zero-order valence-corrected chi connectivity index (χ0v) is 10.9. The Morgan fingerprint density at radius 3 is 2.38 bits per heavy atom. The summed E-state index contributed by atoms with van der Waals surface area (Å²) in [7, 11) is 4.02. The average molecular weight is 222 g/mol. The van der Waals surface area contributed by atoms with Gasteiger partial charge >= 0.3 is 0 Å². The number of hydrogen-bond donors (Lipinski definition) is 1. The topological polar surface area (TPSA) is 41.0 Å². The molecule has 0 aliphatic carbocycles. The molecule has 0 radical (unpaired) electrons. The van der Waals surface area contributed by atoms with Gasteiger partial charge < -0.3 is 10.2 Å². The maximum atomic E-state index is 4.44. The molecular formula is C12H22N4. The van der Waals surface area contributed by atoms with E-state index in [2.05, 4.69) is 27.1 Å². The van der Waals surface area contributed by atoms with Crippen LogP contribution in [0.25, 0.3) is 0 Å². The fourth-order valence-electron chi connectivity index (χ4n) is 1.84. The van der Waals surface area contributed by atoms with E-state index in [1.54, 1.807) is 0 Å². The van der Waals surface area contributed by atoms with E-state index in [0.29, 0.717) is 5.92 Å². The summed E-state index contributed by atoms with van der Waals surface area (Å²) >= 11 is 0. The molecule has 0 saturated heterocycles. The zero-order valence-electron chi connectivity index (χ0n) is 10.9. The van der Waals surface area contributed by atoms with Crippen LogP contribution in [0.4, 0.5) is 5.95 Å². The van der Waals surface area contributed by atoms with Crippen molar-refractivity contribution in [1.29, 1.82) is 0 Å². The molecule has 0 saturated carbocycles. The molecule has 4 heteroatoms. The fraction of sp³-hybridized carbons (Fsp3) is 0.667. The Bertz CT molecular complexity index is 318. The number of aromatic nitrogens is 2. The molecular weight excluding hydrogens is 200 g/mol. The molecule has 0 fully saturated rings. The van der Waals surface area contributed by atoms with E-state index in [1.807, 2.05) is 34.0 Å². The highest BCUT2D eigenvalue weighted by atomic mass is 15.2. The van der Waals surface area contributed by atoms with Gasteiger partial charge in [0.05, 0.1) is 0 Å². The third kappa shape index (κ3) is 3.77. The maximum absolute atomic E-state index is 4.44. The summed E-state index contributed by atoms with van der Waals surface area (Å²) < 4.78 is 0. The van der Waals surface area contributed by atoms with E-state index in [9.17, 15) is 0 Å². The number of nitrogens with zero attached hydrogens (tertiary/aromatic N) is 3. The SMILES string of the molecule is CNCC(C)CN(C)c1nc(C)cc(C)n1. The maximum Gasteiger partial charge on any atom is 0.225 e. The van der Waals surface area contributed by atoms with Crippen molar-refractivity contribution in [3.8, 4) is 0 Å². The lowest BCUT2D eigenvalue weighted by Crippen LogP contribution is -2.30. The van der Waals surface area contributed by atoms with Crippen molar-refractivity contribution >= 4 is 5.95 Å². The first-order valence-corrected chi connectivity index (χ1v) is 5.71. The lowest BCUT2D eigenvalue weighted by Gasteiger charge is -2.21. The molecule has 0 bridgehead atoms. The fourth-order valence-corrected chi connectivity index (χ4v) is 1.84. The first kappa shape index (κ1) is 12.9. The predicted molar refractivity (Wildman–Crippen MR) is 67.9 cm³/mol. The quantitative estimate of drug-likeness (QED) is 0.817. The molecule has 16 heavy (non-hydrogen) atoms. The Morgan fingerprint density at radius 1 is 1.31 bits per heavy atom. The lowest BCUT2D eigenvalue weighted by atomic mass is 10.2. The summed E-state index contributed by atoms with van der Waals surface area (Å²) in [5.74, 6) is 1.40. The van der Waals surface area contributed by atoms with Crippen LogP contribution >= 0.6 is 0 Å². The van der Waals surface area contributed by atoms with Gasteiger partial charge in [-0.3, -0.25) is 0 Å². The summed E-state index contributed by atoms with van der Waals surface area (Å²) in [6.45, 7) is 8.20. The van der Waals surface area contributed by atoms with Crippen LogP contribution in [0.1, 0.15) is 18.3 Å². The Labute approximate surface area is 98.1 Å². The minimum Gasteiger partial charge on any atom is -0.344 e. The molecule has 0 aliphatic heterocycles. The van der Waals surface area contributed by atoms with Gasteiger partial charge in [-0.2, -0.15) is 0 Å². The van der Waals surface area contributed by atoms with Crippen LogP contribution in [-0.4, -0.2) is 37.2 Å². The Morgan fingerprint density at radius 2 is 1.88 bits per heavy atom. The standard InChI is InChI=1S/C12H22N4/c1-9(7-13-4)8-16(5)12-14-10(2)6-11(3)15-12/h6,9,13H,7-8H2,1-5H3. The van der Waals surface area contributed by atoms with E-state index in [0.717, 1.165) is 30.4 Å². The molecule has 1 atom stereocenters. The normalized spacial score (nSPS) is 12.6. The molecule has 1 aromatic rings. The van der Waals surface area contributed by atoms with E-state index < -0.39 is 0 Å². The van der Waals surface area contributed by atoms with Crippen molar-refractivity contribution in [2.75, 3.05) is 32.1 Å². The second-order valence-corrected chi connectivity index (χ2v) is 4.49. The summed E-state index contributed by atoms with van der Waals surface area (Å²) in [6.07, 6.45) is 0. The van der Waals surface area contributed by atoms with Crippen LogP contribution in [0.5, 0.6) is 0 Å². The first-order chi connectivity index (χ1) is 7.52. The molecule has 0 aliphatic rings. The molecule has 0 aromatic carbocycles. The highest BCUT2D eigenvalue weighted by Crippen LogP contribution is 2.09. The number of aryl methyl sites for hydroxylation is 2. The summed E-state index contributed by atoms with van der Waals surface area (Å²) in [6, 6.07) is 1.99. The number of hydrogen-bond acceptors (Lipinski definition) is 4. The van der Waals surface area contributed by atoms with Crippen LogP contribution < -0.4 is 10.2 Å². The molecule has 1 N–H and O–H groups in total. The predicted octanol–water partition coefficient (Wildman–Crippen LogP) is 1.39. The second-order valence-electron chi connectivity index (χ2n) is 4.49. The van der Waals surface area contributed by atoms with Gasteiger partial charge in [-0.1, -0.05) is 6.92 Å². The van der Waals surface area contributed by atoms with E-state index in [4.69, 9.17) is 0 Å². The highest BCUT2D eigenvalue weighted by molar-refractivity contribution is 5.30. The van der Waals surface area contributed by atoms with Gasteiger partial charge in [0.15, 0.2) is 0 Å². The minimum atomic E-state index is 0.583. The summed E-state index contributed by atoms with van der Waals surface area (Å²) in [4.78, 5) is 11.0. The number of rotatable bonds is 5. The molecule has 1 aromatic heterocycles. The third-order valence-electron chi connectivity index (χ3n) is 2.45. The lowest BCUT2D eigenvalue weighted by molar-refractivity contribution is 0.538. The van der Waals surface area contributed by atoms with Gasteiger partial charge in [-0.25, -0.2) is 9.97 Å². The molecule has 1 rings (SSSR count). The van der Waals surface area contributed by atoms with Gasteiger partial charge in [-0.05, 0) is 39.4 Å².